The lowest BCUT2D eigenvalue weighted by Gasteiger charge is -2.10. The molecule has 3 unspecified atom stereocenters. The van der Waals surface area contributed by atoms with Crippen molar-refractivity contribution in [2.75, 3.05) is 14.2 Å². The summed E-state index contributed by atoms with van der Waals surface area (Å²) >= 11 is 0. The molecule has 6 nitrogen and oxygen atoms in total. The molecule has 36 heavy (non-hydrogen) atoms. The van der Waals surface area contributed by atoms with Crippen molar-refractivity contribution in [3.63, 3.8) is 0 Å². The molecule has 0 heterocycles. The minimum Gasteiger partial charge on any atom is -0.481 e. The van der Waals surface area contributed by atoms with Crippen molar-refractivity contribution < 1.29 is 29.0 Å². The maximum Gasteiger partial charge on any atom is 0.308 e. The summed E-state index contributed by atoms with van der Waals surface area (Å²) < 4.78 is 9.30. The van der Waals surface area contributed by atoms with E-state index in [9.17, 15) is 14.4 Å². The number of methoxy groups -OCH3 is 2. The molecule has 6 heteroatoms. The molecule has 0 fully saturated rings. The van der Waals surface area contributed by atoms with Crippen LogP contribution in [0.1, 0.15) is 145 Å². The number of carbonyl (C=O) groups excluding carboxylic acids is 2. The zero-order valence-corrected chi connectivity index (χ0v) is 25.6. The van der Waals surface area contributed by atoms with E-state index >= 15 is 0 Å². The highest BCUT2D eigenvalue weighted by molar-refractivity contribution is 5.72. The van der Waals surface area contributed by atoms with Crippen molar-refractivity contribution >= 4 is 17.9 Å². The monoisotopic (exact) mass is 518 g/mol. The quantitative estimate of drug-likeness (QED) is 0.153. The Morgan fingerprint density at radius 1 is 0.611 bits per heavy atom. The highest BCUT2D eigenvalue weighted by Crippen LogP contribution is 2.15. The third-order valence-corrected chi connectivity index (χ3v) is 6.03. The average Bonchev–Trinajstić information content (AvgIpc) is 2.90. The van der Waals surface area contributed by atoms with Gasteiger partial charge >= 0.3 is 17.9 Å². The summed E-state index contributed by atoms with van der Waals surface area (Å²) in [6.45, 7) is 16.3. The van der Waals surface area contributed by atoms with Gasteiger partial charge in [0.15, 0.2) is 0 Å². The number of esters is 2. The number of carbonyl (C=O) groups is 3. The van der Waals surface area contributed by atoms with E-state index in [1.807, 2.05) is 34.6 Å². The molecule has 1 N–H and O–H groups in total. The lowest BCUT2D eigenvalue weighted by Crippen LogP contribution is -2.15. The lowest BCUT2D eigenvalue weighted by molar-refractivity contribution is -0.146. The first-order valence-electron chi connectivity index (χ1n) is 14.6. The molecule has 0 radical (unpaired) electrons. The van der Waals surface area contributed by atoms with Crippen molar-refractivity contribution in [1.29, 1.82) is 0 Å². The van der Waals surface area contributed by atoms with Crippen LogP contribution >= 0.6 is 0 Å². The topological polar surface area (TPSA) is 89.9 Å². The largest absolute Gasteiger partial charge is 0.481 e. The summed E-state index contributed by atoms with van der Waals surface area (Å²) in [6, 6.07) is 0. The van der Waals surface area contributed by atoms with E-state index in [2.05, 4.69) is 25.5 Å². The number of aliphatic carboxylic acids is 1. The maximum absolute atomic E-state index is 11.1. The van der Waals surface area contributed by atoms with Gasteiger partial charge in [0.1, 0.15) is 0 Å². The Morgan fingerprint density at radius 3 is 1.28 bits per heavy atom. The Labute approximate surface area is 224 Å². The van der Waals surface area contributed by atoms with Crippen molar-refractivity contribution in [1.82, 2.24) is 0 Å². The highest BCUT2D eigenvalue weighted by Gasteiger charge is 2.15. The van der Waals surface area contributed by atoms with E-state index in [0.717, 1.165) is 64.2 Å². The smallest absolute Gasteiger partial charge is 0.308 e. The summed E-state index contributed by atoms with van der Waals surface area (Å²) in [7, 11) is 2.91. The van der Waals surface area contributed by atoms with Gasteiger partial charge in [0.25, 0.3) is 0 Å². The number of rotatable bonds is 17. The average molecular weight is 519 g/mol. The predicted molar refractivity (Wildman–Crippen MR) is 152 cm³/mol. The second-order valence-electron chi connectivity index (χ2n) is 8.98. The molecular weight excluding hydrogens is 456 g/mol. The minimum absolute atomic E-state index is 0.0476. The number of carboxylic acids is 1. The van der Waals surface area contributed by atoms with Crippen molar-refractivity contribution in [3.8, 4) is 0 Å². The van der Waals surface area contributed by atoms with E-state index in [4.69, 9.17) is 9.84 Å². The highest BCUT2D eigenvalue weighted by atomic mass is 16.5. The van der Waals surface area contributed by atoms with E-state index in [-0.39, 0.29) is 29.7 Å². The van der Waals surface area contributed by atoms with Gasteiger partial charge in [-0.25, -0.2) is 0 Å². The van der Waals surface area contributed by atoms with Crippen LogP contribution in [0.4, 0.5) is 0 Å². The molecule has 0 aliphatic rings. The molecule has 0 bridgehead atoms. The Balaban J connectivity index is -0.000000206. The van der Waals surface area contributed by atoms with E-state index < -0.39 is 5.97 Å². The predicted octanol–water partition coefficient (Wildman–Crippen LogP) is 8.85. The van der Waals surface area contributed by atoms with Crippen LogP contribution in [0, 0.1) is 17.8 Å². The summed E-state index contributed by atoms with van der Waals surface area (Å²) in [4.78, 5) is 32.5. The lowest BCUT2D eigenvalue weighted by atomic mass is 9.99. The van der Waals surface area contributed by atoms with Crippen LogP contribution in [0.5, 0.6) is 0 Å². The fourth-order valence-corrected chi connectivity index (χ4v) is 3.46. The number of hydrogen-bond acceptors (Lipinski definition) is 5. The van der Waals surface area contributed by atoms with Gasteiger partial charge in [0.05, 0.1) is 32.0 Å². The van der Waals surface area contributed by atoms with E-state index in [1.54, 1.807) is 0 Å². The van der Waals surface area contributed by atoms with Gasteiger partial charge in [-0.05, 0) is 32.1 Å². The van der Waals surface area contributed by atoms with Gasteiger partial charge in [-0.1, -0.05) is 113 Å². The summed E-state index contributed by atoms with van der Waals surface area (Å²) in [5.41, 5.74) is 0. The molecule has 0 aliphatic heterocycles. The van der Waals surface area contributed by atoms with Crippen LogP contribution in [-0.4, -0.2) is 37.2 Å². The third-order valence-electron chi connectivity index (χ3n) is 6.03. The molecule has 3 atom stereocenters. The minimum atomic E-state index is -0.636. The van der Waals surface area contributed by atoms with Crippen LogP contribution in [0.25, 0.3) is 0 Å². The number of hydrogen-bond donors (Lipinski definition) is 1. The molecule has 0 aromatic carbocycles. The van der Waals surface area contributed by atoms with Crippen LogP contribution < -0.4 is 0 Å². The van der Waals surface area contributed by atoms with Crippen molar-refractivity contribution in [2.45, 2.75) is 145 Å². The molecule has 0 saturated heterocycles. The number of unbranched alkanes of at least 4 members (excludes halogenated alkanes) is 6. The molecule has 0 rings (SSSR count). The van der Waals surface area contributed by atoms with E-state index in [0.29, 0.717) is 0 Å². The molecule has 0 aromatic heterocycles. The SMILES string of the molecule is CC.CCCCCC(C)C(=O)OC.CCCCCC(CC)C(=O)O.CCCCCC(CC)C(=O)OC. The second kappa shape index (κ2) is 33.4. The summed E-state index contributed by atoms with van der Waals surface area (Å²) in [5.74, 6) is -0.673. The molecule has 218 valence electrons. The zero-order chi connectivity index (χ0) is 28.8. The fourth-order valence-electron chi connectivity index (χ4n) is 3.46. The Bertz CT molecular complexity index is 478. The van der Waals surface area contributed by atoms with E-state index in [1.165, 1.54) is 39.9 Å². The molecular formula is C30H62O6. The number of carboxylic acid groups (broad SMARTS) is 1. The number of ether oxygens (including phenoxy) is 2. The van der Waals surface area contributed by atoms with Gasteiger partial charge in [0.2, 0.25) is 0 Å². The summed E-state index contributed by atoms with van der Waals surface area (Å²) in [6.07, 6.45) is 14.9. The molecule has 0 amide bonds. The van der Waals surface area contributed by atoms with Crippen molar-refractivity contribution in [2.24, 2.45) is 17.8 Å². The second-order valence-corrected chi connectivity index (χ2v) is 8.98. The van der Waals surface area contributed by atoms with Crippen LogP contribution in [0.2, 0.25) is 0 Å². The van der Waals surface area contributed by atoms with Crippen LogP contribution in [0.15, 0.2) is 0 Å². The van der Waals surface area contributed by atoms with Crippen LogP contribution in [-0.2, 0) is 23.9 Å². The van der Waals surface area contributed by atoms with Gasteiger partial charge < -0.3 is 14.6 Å². The Kier molecular flexibility index (Phi) is 38.5. The molecule has 0 aromatic rings. The maximum atomic E-state index is 11.1. The molecule has 0 saturated carbocycles. The van der Waals surface area contributed by atoms with Gasteiger partial charge in [-0.2, -0.15) is 0 Å². The fraction of sp³-hybridized carbons (Fsp3) is 0.900. The molecule has 0 spiro atoms. The normalized spacial score (nSPS) is 12.2. The standard InChI is InChI=1S/C10H20O2.2C9H18O2.C2H6/c1-4-6-7-8-9(5-2)10(11)12-3;1-4-5-6-7-8(2)9(10)11-3;1-3-5-6-7-8(4-2)9(10)11;1-2/h9H,4-8H2,1-3H3;8H,4-7H2,1-3H3;8H,3-7H2,1-2H3,(H,10,11);1-2H3. The first-order valence-corrected chi connectivity index (χ1v) is 14.6. The van der Waals surface area contributed by atoms with Crippen molar-refractivity contribution in [3.05, 3.63) is 0 Å². The molecule has 0 aliphatic carbocycles. The third kappa shape index (κ3) is 28.6. The van der Waals surface area contributed by atoms with Gasteiger partial charge in [-0.15, -0.1) is 0 Å². The summed E-state index contributed by atoms with van der Waals surface area (Å²) in [5, 5.41) is 8.67. The first-order chi connectivity index (χ1) is 17.2. The zero-order valence-electron chi connectivity index (χ0n) is 25.6. The Morgan fingerprint density at radius 2 is 0.972 bits per heavy atom. The van der Waals surface area contributed by atoms with Crippen LogP contribution in [0.3, 0.4) is 0 Å². The first kappa shape index (κ1) is 41.5. The van der Waals surface area contributed by atoms with Gasteiger partial charge in [-0.3, -0.25) is 14.4 Å². The van der Waals surface area contributed by atoms with Gasteiger partial charge in [0, 0.05) is 0 Å². The Hall–Kier alpha value is -1.59.